The number of unbranched alkanes of at least 4 members (excludes halogenated alkanes) is 1. The molecule has 2 aliphatic heterocycles. The third-order valence-electron chi connectivity index (χ3n) is 8.82. The van der Waals surface area contributed by atoms with Crippen molar-refractivity contribution in [2.24, 2.45) is 0 Å². The monoisotopic (exact) mass is 611 g/mol. The molecule has 5 rings (SSSR count). The van der Waals surface area contributed by atoms with Crippen LogP contribution in [0, 0.1) is 0 Å². The summed E-state index contributed by atoms with van der Waals surface area (Å²) in [5.74, 6) is 0.737. The molecule has 0 saturated carbocycles. The number of fused-ring (bicyclic) bond motifs is 1. The quantitative estimate of drug-likeness (QED) is 0.157. The molecule has 3 aromatic carbocycles. The number of carbonyl (C=O) groups excluding carboxylic acids is 1. The van der Waals surface area contributed by atoms with Crippen LogP contribution < -0.4 is 15.0 Å². The molecule has 0 bridgehead atoms. The van der Waals surface area contributed by atoms with Gasteiger partial charge >= 0.3 is 0 Å². The van der Waals surface area contributed by atoms with Crippen molar-refractivity contribution in [2.75, 3.05) is 50.2 Å². The Bertz CT molecular complexity index is 1410. The Hall–Kier alpha value is -3.65. The third kappa shape index (κ3) is 8.97. The third-order valence-corrected chi connectivity index (χ3v) is 8.82. The lowest BCUT2D eigenvalue weighted by molar-refractivity contribution is -0.112. The highest BCUT2D eigenvalue weighted by atomic mass is 16.7. The Kier molecular flexibility index (Phi) is 11.7. The summed E-state index contributed by atoms with van der Waals surface area (Å²) in [5, 5.41) is 3.15. The number of carbonyl (C=O) groups is 1. The van der Waals surface area contributed by atoms with E-state index in [1.54, 1.807) is 0 Å². The van der Waals surface area contributed by atoms with E-state index in [-0.39, 0.29) is 12.2 Å². The van der Waals surface area contributed by atoms with E-state index >= 15 is 0 Å². The van der Waals surface area contributed by atoms with Crippen molar-refractivity contribution in [1.82, 2.24) is 4.90 Å². The molecule has 1 amide bonds. The second-order valence-electron chi connectivity index (χ2n) is 12.1. The first-order valence-electron chi connectivity index (χ1n) is 16.6. The maximum absolute atomic E-state index is 13.5. The number of nitrogens with zero attached hydrogens (tertiary/aromatic N) is 2. The van der Waals surface area contributed by atoms with Crippen LogP contribution in [0.2, 0.25) is 0 Å². The van der Waals surface area contributed by atoms with Gasteiger partial charge in [0.2, 0.25) is 0 Å². The largest absolute Gasteiger partial charge is 0.465 e. The molecule has 1 N–H and O–H groups in total. The van der Waals surface area contributed by atoms with E-state index in [0.717, 1.165) is 97.9 Å². The number of ether oxygens (including phenoxy) is 3. The molecule has 1 atom stereocenters. The fraction of sp³-hybridized carbons (Fsp3) is 0.447. The highest BCUT2D eigenvalue weighted by Gasteiger charge is 2.21. The summed E-state index contributed by atoms with van der Waals surface area (Å²) in [7, 11) is 2.18. The highest BCUT2D eigenvalue weighted by Crippen LogP contribution is 2.33. The van der Waals surface area contributed by atoms with Gasteiger partial charge < -0.3 is 24.4 Å². The second kappa shape index (κ2) is 16.1. The van der Waals surface area contributed by atoms with Crippen LogP contribution in [0.4, 0.5) is 11.4 Å². The normalized spacial score (nSPS) is 16.1. The van der Waals surface area contributed by atoms with E-state index in [1.807, 2.05) is 31.2 Å². The van der Waals surface area contributed by atoms with Crippen LogP contribution in [0.3, 0.4) is 0 Å². The summed E-state index contributed by atoms with van der Waals surface area (Å²) >= 11 is 0. The lowest BCUT2D eigenvalue weighted by atomic mass is 10.00. The summed E-state index contributed by atoms with van der Waals surface area (Å²) in [5.41, 5.74) is 7.25. The molecule has 7 nitrogen and oxygen atoms in total. The van der Waals surface area contributed by atoms with Gasteiger partial charge in [0.05, 0.1) is 6.61 Å². The van der Waals surface area contributed by atoms with Gasteiger partial charge in [0.1, 0.15) is 5.75 Å². The highest BCUT2D eigenvalue weighted by molar-refractivity contribution is 6.07. The average Bonchev–Trinajstić information content (AvgIpc) is 3.25. The Morgan fingerprint density at radius 3 is 2.47 bits per heavy atom. The van der Waals surface area contributed by atoms with Crippen LogP contribution in [0.15, 0.2) is 72.3 Å². The van der Waals surface area contributed by atoms with E-state index in [4.69, 9.17) is 14.2 Å². The lowest BCUT2D eigenvalue weighted by Crippen LogP contribution is -2.36. The summed E-state index contributed by atoms with van der Waals surface area (Å²) in [6, 6.07) is 23.5. The second-order valence-corrected chi connectivity index (χ2v) is 12.1. The van der Waals surface area contributed by atoms with Gasteiger partial charge in [-0.2, -0.15) is 0 Å². The number of benzene rings is 3. The summed E-state index contributed by atoms with van der Waals surface area (Å²) in [6.07, 6.45) is 6.75. The number of anilines is 2. The Labute approximate surface area is 269 Å². The summed E-state index contributed by atoms with van der Waals surface area (Å²) in [4.78, 5) is 18.3. The van der Waals surface area contributed by atoms with Crippen molar-refractivity contribution in [2.45, 2.75) is 71.8 Å². The maximum Gasteiger partial charge on any atom is 0.251 e. The molecule has 45 heavy (non-hydrogen) atoms. The van der Waals surface area contributed by atoms with E-state index in [1.165, 1.54) is 5.56 Å². The molecule has 3 aromatic rings. The Morgan fingerprint density at radius 1 is 1.02 bits per heavy atom. The van der Waals surface area contributed by atoms with Crippen molar-refractivity contribution in [3.63, 3.8) is 0 Å². The molecule has 1 unspecified atom stereocenters. The van der Waals surface area contributed by atoms with E-state index in [2.05, 4.69) is 84.6 Å². The van der Waals surface area contributed by atoms with Crippen LogP contribution in [0.25, 0.3) is 17.2 Å². The minimum atomic E-state index is -0.286. The van der Waals surface area contributed by atoms with E-state index in [9.17, 15) is 4.79 Å². The molecule has 7 heteroatoms. The number of nitrogens with one attached hydrogen (secondary N) is 1. The van der Waals surface area contributed by atoms with Gasteiger partial charge in [0.25, 0.3) is 5.91 Å². The Balaban J connectivity index is 1.26. The van der Waals surface area contributed by atoms with E-state index < -0.39 is 0 Å². The standard InChI is InChI=1S/C38H49N3O4/c1-5-7-22-44-28(3)45-36-15-10-30(11-16-36)31-12-17-37-33(25-31)26-32(18-21-41(37)6-2)38(42)39-34-13-8-29(9-14-34)27-40(4)35-19-23-43-24-20-35/h8-17,25-26,28,35H,5-7,18-24,27H2,1-4H3,(H,39,42). The first-order chi connectivity index (χ1) is 21.9. The maximum atomic E-state index is 13.5. The van der Waals surface area contributed by atoms with Crippen molar-refractivity contribution >= 4 is 23.4 Å². The predicted molar refractivity (Wildman–Crippen MR) is 184 cm³/mol. The SMILES string of the molecule is CCCCOC(C)Oc1ccc(-c2ccc3c(c2)C=C(C(=O)Nc2ccc(CN(C)C4CCOCC4)cc2)CCN3CC)cc1. The van der Waals surface area contributed by atoms with Crippen molar-refractivity contribution in [3.8, 4) is 16.9 Å². The van der Waals surface area contributed by atoms with Crippen LogP contribution >= 0.6 is 0 Å². The van der Waals surface area contributed by atoms with Crippen molar-refractivity contribution in [1.29, 1.82) is 0 Å². The first-order valence-corrected chi connectivity index (χ1v) is 16.6. The number of hydrogen-bond acceptors (Lipinski definition) is 6. The van der Waals surface area contributed by atoms with Gasteiger partial charge in [0.15, 0.2) is 6.29 Å². The average molecular weight is 612 g/mol. The van der Waals surface area contributed by atoms with Gasteiger partial charge in [-0.15, -0.1) is 0 Å². The fourth-order valence-electron chi connectivity index (χ4n) is 6.07. The predicted octanol–water partition coefficient (Wildman–Crippen LogP) is 7.76. The summed E-state index contributed by atoms with van der Waals surface area (Å²) in [6.45, 7) is 11.2. The van der Waals surface area contributed by atoms with E-state index in [0.29, 0.717) is 19.1 Å². The number of hydrogen-bond donors (Lipinski definition) is 1. The van der Waals surface area contributed by atoms with Crippen molar-refractivity contribution < 1.29 is 19.0 Å². The van der Waals surface area contributed by atoms with Crippen LogP contribution in [-0.4, -0.2) is 63.1 Å². The molecule has 2 aliphatic rings. The molecule has 1 fully saturated rings. The molecule has 0 radical (unpaired) electrons. The molecule has 1 saturated heterocycles. The van der Waals surface area contributed by atoms with Crippen molar-refractivity contribution in [3.05, 3.63) is 83.4 Å². The van der Waals surface area contributed by atoms with Gasteiger partial charge in [-0.1, -0.05) is 43.7 Å². The van der Waals surface area contributed by atoms with Crippen LogP contribution in [0.1, 0.15) is 64.0 Å². The van der Waals surface area contributed by atoms with Gasteiger partial charge in [0, 0.05) is 55.8 Å². The topological polar surface area (TPSA) is 63.3 Å². The molecule has 0 spiro atoms. The number of rotatable bonds is 13. The smallest absolute Gasteiger partial charge is 0.251 e. The first kappa shape index (κ1) is 32.7. The minimum Gasteiger partial charge on any atom is -0.465 e. The molecule has 240 valence electrons. The zero-order valence-electron chi connectivity index (χ0n) is 27.4. The summed E-state index contributed by atoms with van der Waals surface area (Å²) < 4.78 is 17.2. The zero-order chi connectivity index (χ0) is 31.6. The molecular formula is C38H49N3O4. The molecule has 2 heterocycles. The Morgan fingerprint density at radius 2 is 1.76 bits per heavy atom. The minimum absolute atomic E-state index is 0.0480. The molecular weight excluding hydrogens is 562 g/mol. The van der Waals surface area contributed by atoms with Crippen LogP contribution in [-0.2, 0) is 20.8 Å². The molecule has 0 aliphatic carbocycles. The van der Waals surface area contributed by atoms with Gasteiger partial charge in [-0.25, -0.2) is 0 Å². The zero-order valence-corrected chi connectivity index (χ0v) is 27.4. The lowest BCUT2D eigenvalue weighted by Gasteiger charge is -2.31. The fourth-order valence-corrected chi connectivity index (χ4v) is 6.07. The van der Waals surface area contributed by atoms with Crippen LogP contribution in [0.5, 0.6) is 5.75 Å². The number of amides is 1. The van der Waals surface area contributed by atoms with Gasteiger partial charge in [-0.05, 0) is 111 Å². The molecule has 0 aromatic heterocycles. The van der Waals surface area contributed by atoms with Gasteiger partial charge in [-0.3, -0.25) is 9.69 Å².